The van der Waals surface area contributed by atoms with Gasteiger partial charge in [-0.15, -0.1) is 11.8 Å². The van der Waals surface area contributed by atoms with Crippen LogP contribution in [-0.2, 0) is 10.2 Å². The summed E-state index contributed by atoms with van der Waals surface area (Å²) in [6, 6.07) is 13.0. The molecule has 0 bridgehead atoms. The van der Waals surface area contributed by atoms with E-state index in [2.05, 4.69) is 6.92 Å². The van der Waals surface area contributed by atoms with Crippen LogP contribution in [0.4, 0.5) is 22.0 Å². The van der Waals surface area contributed by atoms with Crippen LogP contribution in [-0.4, -0.2) is 39.1 Å². The lowest BCUT2D eigenvalue weighted by Gasteiger charge is -2.43. The second-order valence-corrected chi connectivity index (χ2v) is 12.7. The Morgan fingerprint density at radius 1 is 0.881 bits per heavy atom. The Kier molecular flexibility index (Phi) is 12.0. The van der Waals surface area contributed by atoms with Crippen molar-refractivity contribution in [1.29, 1.82) is 0 Å². The molecule has 0 spiro atoms. The van der Waals surface area contributed by atoms with Crippen molar-refractivity contribution in [3.8, 4) is 11.5 Å². The highest BCUT2D eigenvalue weighted by Gasteiger charge is 2.56. The summed E-state index contributed by atoms with van der Waals surface area (Å²) < 4.78 is 63.0. The Labute approximate surface area is 248 Å². The topological polar surface area (TPSA) is 77.8 Å². The van der Waals surface area contributed by atoms with Crippen molar-refractivity contribution in [2.24, 2.45) is 5.92 Å². The summed E-state index contributed by atoms with van der Waals surface area (Å²) in [6.45, 7) is 2.26. The molecule has 0 aliphatic carbocycles. The average molecular weight is 617 g/mol. The molecule has 3 rings (SSSR count). The van der Waals surface area contributed by atoms with E-state index in [9.17, 15) is 42.1 Å². The van der Waals surface area contributed by atoms with E-state index in [1.165, 1.54) is 11.1 Å². The number of carboxylic acids is 1. The molecule has 0 amide bonds. The van der Waals surface area contributed by atoms with Gasteiger partial charge in [0, 0.05) is 22.5 Å². The van der Waals surface area contributed by atoms with E-state index in [1.54, 1.807) is 30.0 Å². The first-order valence-corrected chi connectivity index (χ1v) is 15.7. The quantitative estimate of drug-likeness (QED) is 0.129. The summed E-state index contributed by atoms with van der Waals surface area (Å²) in [5.74, 6) is -4.92. The maximum atomic E-state index is 13.0. The molecule has 4 nitrogen and oxygen atoms in total. The maximum absolute atomic E-state index is 13.0. The Hall–Kier alpha value is -2.49. The number of alkyl halides is 5. The summed E-state index contributed by atoms with van der Waals surface area (Å²) in [5, 5.41) is 29.2. The molecule has 2 aromatic carbocycles. The number of phenolic OH excluding ortho intramolecular Hbond substituents is 2. The van der Waals surface area contributed by atoms with E-state index in [0.29, 0.717) is 12.8 Å². The van der Waals surface area contributed by atoms with Gasteiger partial charge in [-0.25, -0.2) is 0 Å². The van der Waals surface area contributed by atoms with Crippen LogP contribution in [0, 0.1) is 5.92 Å². The number of carboxylic acid groups (broad SMARTS) is 1. The van der Waals surface area contributed by atoms with Crippen molar-refractivity contribution in [1.82, 2.24) is 0 Å². The molecule has 0 saturated heterocycles. The number of hydrogen-bond donors (Lipinski definition) is 3. The van der Waals surface area contributed by atoms with E-state index in [4.69, 9.17) is 0 Å². The zero-order valence-corrected chi connectivity index (χ0v) is 24.8. The van der Waals surface area contributed by atoms with Crippen LogP contribution in [0.25, 0.3) is 0 Å². The molecule has 42 heavy (non-hydrogen) atoms. The minimum absolute atomic E-state index is 0.0219. The van der Waals surface area contributed by atoms with E-state index in [-0.39, 0.29) is 42.1 Å². The van der Waals surface area contributed by atoms with Crippen LogP contribution in [0.1, 0.15) is 101 Å². The summed E-state index contributed by atoms with van der Waals surface area (Å²) >= 11 is 1.73. The van der Waals surface area contributed by atoms with Crippen LogP contribution in [0.3, 0.4) is 0 Å². The van der Waals surface area contributed by atoms with Crippen molar-refractivity contribution in [2.45, 2.75) is 112 Å². The van der Waals surface area contributed by atoms with Gasteiger partial charge in [0.2, 0.25) is 0 Å². The van der Waals surface area contributed by atoms with Gasteiger partial charge in [-0.1, -0.05) is 70.1 Å². The highest BCUT2D eigenvalue weighted by molar-refractivity contribution is 7.99. The molecule has 0 fully saturated rings. The zero-order valence-electron chi connectivity index (χ0n) is 23.9. The van der Waals surface area contributed by atoms with Crippen molar-refractivity contribution < 1.29 is 42.1 Å². The van der Waals surface area contributed by atoms with Gasteiger partial charge in [0.25, 0.3) is 0 Å². The predicted molar refractivity (Wildman–Crippen MR) is 155 cm³/mol. The molecule has 3 atom stereocenters. The number of phenols is 2. The Morgan fingerprint density at radius 2 is 1.45 bits per heavy atom. The summed E-state index contributed by atoms with van der Waals surface area (Å²) in [4.78, 5) is 12.6. The van der Waals surface area contributed by atoms with Crippen LogP contribution in [0.5, 0.6) is 11.5 Å². The first-order chi connectivity index (χ1) is 19.7. The molecule has 234 valence electrons. The van der Waals surface area contributed by atoms with E-state index < -0.39 is 30.4 Å². The minimum atomic E-state index is -5.57. The summed E-state index contributed by atoms with van der Waals surface area (Å²) in [7, 11) is 0. The molecule has 0 saturated carbocycles. The van der Waals surface area contributed by atoms with E-state index >= 15 is 0 Å². The lowest BCUT2D eigenvalue weighted by Crippen LogP contribution is -2.36. The molecule has 1 aliphatic rings. The standard InChI is InChI=1S/C32H41F5O4S/c1-30(23-13-15-24(38)16-14-23)21-42-28-20-25(39)17-18-26(28)27(30)12-7-5-3-2-4-6-10-22(29(40)41)11-8-9-19-31(33,34)32(35,36)37/h13-18,20,22,27,38-39H,2-12,19,21H2,1H3,(H,40,41). The van der Waals surface area contributed by atoms with Gasteiger partial charge in [-0.2, -0.15) is 22.0 Å². The smallest absolute Gasteiger partial charge is 0.453 e. The normalized spacial score (nSPS) is 19.8. The molecular formula is C32H41F5O4S. The zero-order chi connectivity index (χ0) is 31.0. The molecule has 1 heterocycles. The number of hydrogen-bond acceptors (Lipinski definition) is 4. The fourth-order valence-electron chi connectivity index (χ4n) is 5.93. The largest absolute Gasteiger partial charge is 0.508 e. The van der Waals surface area contributed by atoms with Gasteiger partial charge in [-0.05, 0) is 67.0 Å². The Morgan fingerprint density at radius 3 is 2.07 bits per heavy atom. The van der Waals surface area contributed by atoms with Crippen LogP contribution in [0.15, 0.2) is 47.4 Å². The van der Waals surface area contributed by atoms with Crippen LogP contribution < -0.4 is 0 Å². The van der Waals surface area contributed by atoms with Crippen molar-refractivity contribution in [3.05, 3.63) is 53.6 Å². The monoisotopic (exact) mass is 616 g/mol. The van der Waals surface area contributed by atoms with E-state index in [1.807, 2.05) is 24.3 Å². The van der Waals surface area contributed by atoms with Crippen molar-refractivity contribution in [3.63, 3.8) is 0 Å². The first kappa shape index (κ1) is 34.0. The van der Waals surface area contributed by atoms with E-state index in [0.717, 1.165) is 49.2 Å². The highest BCUT2D eigenvalue weighted by atomic mass is 32.2. The number of halogens is 5. The number of unbranched alkanes of at least 4 members (excludes halogenated alkanes) is 6. The van der Waals surface area contributed by atoms with Gasteiger partial charge in [0.05, 0.1) is 5.92 Å². The van der Waals surface area contributed by atoms with Crippen LogP contribution >= 0.6 is 11.8 Å². The number of aromatic hydroxyl groups is 2. The van der Waals surface area contributed by atoms with Crippen LogP contribution in [0.2, 0.25) is 0 Å². The molecule has 10 heteroatoms. The molecule has 3 N–H and O–H groups in total. The second-order valence-electron chi connectivity index (χ2n) is 11.7. The lowest BCUT2D eigenvalue weighted by molar-refractivity contribution is -0.284. The number of carbonyl (C=O) groups is 1. The molecule has 1 aliphatic heterocycles. The highest BCUT2D eigenvalue weighted by Crippen LogP contribution is 2.52. The van der Waals surface area contributed by atoms with Gasteiger partial charge in [0.15, 0.2) is 0 Å². The maximum Gasteiger partial charge on any atom is 0.453 e. The third kappa shape index (κ3) is 9.01. The molecule has 3 unspecified atom stereocenters. The number of rotatable bonds is 16. The van der Waals surface area contributed by atoms with Gasteiger partial charge in [0.1, 0.15) is 11.5 Å². The molecular weight excluding hydrogens is 575 g/mol. The third-order valence-corrected chi connectivity index (χ3v) is 9.96. The SMILES string of the molecule is CC1(c2ccc(O)cc2)CSc2cc(O)ccc2C1CCCCCCCCC(CCCCC(F)(F)C(F)(F)F)C(=O)O. The lowest BCUT2D eigenvalue weighted by atomic mass is 9.68. The number of fused-ring (bicyclic) bond motifs is 1. The third-order valence-electron chi connectivity index (χ3n) is 8.55. The molecule has 0 aromatic heterocycles. The van der Waals surface area contributed by atoms with Gasteiger partial charge in [-0.3, -0.25) is 4.79 Å². The fraction of sp³-hybridized carbons (Fsp3) is 0.594. The Balaban J connectivity index is 1.42. The Bertz CT molecular complexity index is 1150. The number of aliphatic carboxylic acids is 1. The van der Waals surface area contributed by atoms with Gasteiger partial charge < -0.3 is 15.3 Å². The van der Waals surface area contributed by atoms with Crippen molar-refractivity contribution in [2.75, 3.05) is 5.75 Å². The second kappa shape index (κ2) is 14.8. The fourth-order valence-corrected chi connectivity index (χ4v) is 7.33. The minimum Gasteiger partial charge on any atom is -0.508 e. The van der Waals surface area contributed by atoms with Crippen molar-refractivity contribution >= 4 is 17.7 Å². The molecule has 0 radical (unpaired) electrons. The molecule has 2 aromatic rings. The number of benzene rings is 2. The number of thioether (sulfide) groups is 1. The first-order valence-electron chi connectivity index (χ1n) is 14.7. The van der Waals surface area contributed by atoms with Gasteiger partial charge >= 0.3 is 18.1 Å². The average Bonchev–Trinajstić information content (AvgIpc) is 2.91. The summed E-state index contributed by atoms with van der Waals surface area (Å²) in [6.07, 6.45) is -0.335. The predicted octanol–water partition coefficient (Wildman–Crippen LogP) is 9.82. The summed E-state index contributed by atoms with van der Waals surface area (Å²) in [5.41, 5.74) is 2.25.